The van der Waals surface area contributed by atoms with E-state index in [-0.39, 0.29) is 12.1 Å². The molecule has 0 radical (unpaired) electrons. The molecule has 6 heteroatoms. The van der Waals surface area contributed by atoms with Crippen LogP contribution in [0.2, 0.25) is 5.02 Å². The van der Waals surface area contributed by atoms with Crippen molar-refractivity contribution in [2.24, 2.45) is 0 Å². The van der Waals surface area contributed by atoms with Crippen molar-refractivity contribution in [2.75, 3.05) is 4.90 Å². The van der Waals surface area contributed by atoms with Crippen molar-refractivity contribution in [3.63, 3.8) is 0 Å². The third kappa shape index (κ3) is 3.89. The Morgan fingerprint density at radius 1 is 0.912 bits per heavy atom. The second-order valence-electron chi connectivity index (χ2n) is 8.96. The number of aryl methyl sites for hydroxylation is 3. The molecule has 4 aromatic rings. The number of pyridine rings is 1. The van der Waals surface area contributed by atoms with Crippen molar-refractivity contribution in [2.45, 2.75) is 39.8 Å². The van der Waals surface area contributed by atoms with Crippen molar-refractivity contribution in [3.8, 4) is 5.69 Å². The minimum atomic E-state index is -0.0882. The number of hydrogen-bond donors (Lipinski definition) is 1. The van der Waals surface area contributed by atoms with Crippen LogP contribution in [0.5, 0.6) is 0 Å². The zero-order valence-electron chi connectivity index (χ0n) is 19.7. The fraction of sp³-hybridized carbons (Fsp3) is 0.214. The molecule has 3 heterocycles. The summed E-state index contributed by atoms with van der Waals surface area (Å²) in [5.41, 5.74) is 8.89. The van der Waals surface area contributed by atoms with Crippen LogP contribution in [-0.4, -0.2) is 14.7 Å². The molecule has 1 N–H and O–H groups in total. The zero-order valence-corrected chi connectivity index (χ0v) is 21.3. The first-order chi connectivity index (χ1) is 16.3. The van der Waals surface area contributed by atoms with Gasteiger partial charge in [-0.15, -0.1) is 0 Å². The summed E-state index contributed by atoms with van der Waals surface area (Å²) in [5.74, 6) is 0. The summed E-state index contributed by atoms with van der Waals surface area (Å²) in [6, 6.07) is 22.7. The van der Waals surface area contributed by atoms with Crippen molar-refractivity contribution < 1.29 is 0 Å². The summed E-state index contributed by atoms with van der Waals surface area (Å²) in [5, 5.41) is 5.00. The number of aromatic nitrogens is 2. The van der Waals surface area contributed by atoms with Crippen LogP contribution in [0.4, 0.5) is 5.69 Å². The monoisotopic (exact) mass is 486 g/mol. The van der Waals surface area contributed by atoms with E-state index in [2.05, 4.69) is 83.9 Å². The van der Waals surface area contributed by atoms with Crippen LogP contribution < -0.4 is 10.2 Å². The van der Waals surface area contributed by atoms with Crippen molar-refractivity contribution in [1.29, 1.82) is 0 Å². The molecule has 0 unspecified atom stereocenters. The first-order valence-electron chi connectivity index (χ1n) is 11.4. The van der Waals surface area contributed by atoms with Crippen LogP contribution in [0.3, 0.4) is 0 Å². The Kier molecular flexibility index (Phi) is 5.92. The van der Waals surface area contributed by atoms with E-state index < -0.39 is 0 Å². The Bertz CT molecular complexity index is 1360. The van der Waals surface area contributed by atoms with Crippen LogP contribution in [0, 0.1) is 27.7 Å². The SMILES string of the molecule is Cc1cc(C)cc(N2C(=S)N[C@@H](c3ccccn3)[C@@H]2c2cc(C)n(-c3ccccc3Cl)c2C)c1. The molecular formula is C28H27ClN4S. The first kappa shape index (κ1) is 22.6. The number of para-hydroxylation sites is 1. The molecule has 5 rings (SSSR count). The summed E-state index contributed by atoms with van der Waals surface area (Å²) in [4.78, 5) is 6.93. The topological polar surface area (TPSA) is 33.1 Å². The Morgan fingerprint density at radius 2 is 1.62 bits per heavy atom. The van der Waals surface area contributed by atoms with E-state index in [0.717, 1.165) is 33.5 Å². The van der Waals surface area contributed by atoms with Gasteiger partial charge in [0.15, 0.2) is 5.11 Å². The summed E-state index contributed by atoms with van der Waals surface area (Å²) < 4.78 is 2.23. The van der Waals surface area contributed by atoms with Crippen molar-refractivity contribution >= 4 is 34.6 Å². The molecular weight excluding hydrogens is 460 g/mol. The van der Waals surface area contributed by atoms with Gasteiger partial charge in [0, 0.05) is 23.3 Å². The number of benzene rings is 2. The second-order valence-corrected chi connectivity index (χ2v) is 9.75. The zero-order chi connectivity index (χ0) is 24.0. The van der Waals surface area contributed by atoms with Crippen LogP contribution in [0.1, 0.15) is 45.9 Å². The third-order valence-electron chi connectivity index (χ3n) is 6.46. The van der Waals surface area contributed by atoms with Crippen LogP contribution in [0.25, 0.3) is 5.69 Å². The molecule has 172 valence electrons. The highest BCUT2D eigenvalue weighted by Gasteiger charge is 2.42. The van der Waals surface area contributed by atoms with Gasteiger partial charge in [0.2, 0.25) is 0 Å². The van der Waals surface area contributed by atoms with E-state index in [1.54, 1.807) is 0 Å². The molecule has 1 fully saturated rings. The minimum Gasteiger partial charge on any atom is -0.351 e. The fourth-order valence-corrected chi connectivity index (χ4v) is 5.70. The van der Waals surface area contributed by atoms with Crippen LogP contribution in [0.15, 0.2) is 72.9 Å². The van der Waals surface area contributed by atoms with Gasteiger partial charge in [-0.3, -0.25) is 4.98 Å². The number of thiocarbonyl (C=S) groups is 1. The van der Waals surface area contributed by atoms with Crippen molar-refractivity contribution in [1.82, 2.24) is 14.9 Å². The lowest BCUT2D eigenvalue weighted by molar-refractivity contribution is 0.565. The molecule has 2 aromatic heterocycles. The molecule has 2 atom stereocenters. The lowest BCUT2D eigenvalue weighted by Crippen LogP contribution is -2.29. The molecule has 34 heavy (non-hydrogen) atoms. The Morgan fingerprint density at radius 3 is 2.29 bits per heavy atom. The molecule has 0 aliphatic carbocycles. The molecule has 1 saturated heterocycles. The highest BCUT2D eigenvalue weighted by molar-refractivity contribution is 7.80. The van der Waals surface area contributed by atoms with Gasteiger partial charge in [0.1, 0.15) is 0 Å². The molecule has 1 aliphatic rings. The molecule has 0 bridgehead atoms. The Labute approximate surface area is 211 Å². The Balaban J connectivity index is 1.71. The highest BCUT2D eigenvalue weighted by atomic mass is 35.5. The van der Waals surface area contributed by atoms with Crippen LogP contribution >= 0.6 is 23.8 Å². The fourth-order valence-electron chi connectivity index (χ4n) is 5.13. The predicted molar refractivity (Wildman–Crippen MR) is 144 cm³/mol. The molecule has 4 nitrogen and oxygen atoms in total. The number of rotatable bonds is 4. The van der Waals surface area contributed by atoms with E-state index in [1.807, 2.05) is 36.5 Å². The normalized spacial score (nSPS) is 17.8. The number of anilines is 1. The summed E-state index contributed by atoms with van der Waals surface area (Å²) in [6.07, 6.45) is 1.84. The second kappa shape index (κ2) is 8.90. The molecule has 0 amide bonds. The third-order valence-corrected chi connectivity index (χ3v) is 7.10. The van der Waals surface area contributed by atoms with E-state index in [1.165, 1.54) is 16.7 Å². The summed E-state index contributed by atoms with van der Waals surface area (Å²) >= 11 is 12.5. The van der Waals surface area contributed by atoms with Gasteiger partial charge in [-0.1, -0.05) is 35.9 Å². The highest BCUT2D eigenvalue weighted by Crippen LogP contribution is 2.44. The molecule has 0 saturated carbocycles. The number of nitrogens with one attached hydrogen (secondary N) is 1. The lowest BCUT2D eigenvalue weighted by atomic mass is 9.96. The molecule has 2 aromatic carbocycles. The van der Waals surface area contributed by atoms with E-state index >= 15 is 0 Å². The average Bonchev–Trinajstić information content (AvgIpc) is 3.29. The van der Waals surface area contributed by atoms with Gasteiger partial charge in [-0.05, 0) is 99.1 Å². The first-order valence-corrected chi connectivity index (χ1v) is 12.2. The Hall–Kier alpha value is -3.15. The van der Waals surface area contributed by atoms with Gasteiger partial charge in [-0.2, -0.15) is 0 Å². The minimum absolute atomic E-state index is 0.0639. The van der Waals surface area contributed by atoms with E-state index in [4.69, 9.17) is 23.8 Å². The summed E-state index contributed by atoms with van der Waals surface area (Å²) in [6.45, 7) is 8.52. The quantitative estimate of drug-likeness (QED) is 0.317. The lowest BCUT2D eigenvalue weighted by Gasteiger charge is -2.29. The van der Waals surface area contributed by atoms with E-state index in [0.29, 0.717) is 5.11 Å². The standard InChI is InChI=1S/C28H27ClN4S/c1-17-13-18(2)15-21(14-17)33-27(26(31-28(33)34)24-10-7-8-12-30-24)22-16-19(3)32(20(22)4)25-11-6-5-9-23(25)29/h5-16,26-27H,1-4H3,(H,31,34)/t26-,27-/m0/s1. The molecule has 0 spiro atoms. The van der Waals surface area contributed by atoms with Gasteiger partial charge in [0.05, 0.1) is 28.5 Å². The smallest absolute Gasteiger partial charge is 0.174 e. The number of hydrogen-bond acceptors (Lipinski definition) is 2. The largest absolute Gasteiger partial charge is 0.351 e. The van der Waals surface area contributed by atoms with E-state index in [9.17, 15) is 0 Å². The molecule has 1 aliphatic heterocycles. The number of nitrogens with zero attached hydrogens (tertiary/aromatic N) is 3. The maximum Gasteiger partial charge on any atom is 0.174 e. The van der Waals surface area contributed by atoms with Crippen LogP contribution in [-0.2, 0) is 0 Å². The average molecular weight is 487 g/mol. The van der Waals surface area contributed by atoms with Gasteiger partial charge < -0.3 is 14.8 Å². The number of halogens is 1. The summed E-state index contributed by atoms with van der Waals surface area (Å²) in [7, 11) is 0. The van der Waals surface area contributed by atoms with Gasteiger partial charge in [-0.25, -0.2) is 0 Å². The maximum atomic E-state index is 6.60. The van der Waals surface area contributed by atoms with Crippen molar-refractivity contribution in [3.05, 3.63) is 112 Å². The predicted octanol–water partition coefficient (Wildman–Crippen LogP) is 6.94. The van der Waals surface area contributed by atoms with Gasteiger partial charge >= 0.3 is 0 Å². The van der Waals surface area contributed by atoms with Gasteiger partial charge in [0.25, 0.3) is 0 Å². The maximum absolute atomic E-state index is 6.60.